The Morgan fingerprint density at radius 1 is 1.23 bits per heavy atom. The largest absolute Gasteiger partial charge is 0.374 e. The van der Waals surface area contributed by atoms with E-state index in [1.54, 1.807) is 0 Å². The van der Waals surface area contributed by atoms with Crippen LogP contribution in [0.3, 0.4) is 0 Å². The van der Waals surface area contributed by atoms with Crippen molar-refractivity contribution in [3.8, 4) is 0 Å². The van der Waals surface area contributed by atoms with Crippen molar-refractivity contribution in [1.29, 1.82) is 0 Å². The summed E-state index contributed by atoms with van der Waals surface area (Å²) < 4.78 is 28.3. The van der Waals surface area contributed by atoms with Gasteiger partial charge in [0.2, 0.25) is 0 Å². The standard InChI is InChI=1S/C9H19F2NO/c1-3-5-8(12-4-2)6-13-7-9(10)11/h8-9,12H,3-7H2,1-2H3. The molecule has 0 aliphatic carbocycles. The average Bonchev–Trinajstić information content (AvgIpc) is 2.04. The molecule has 0 aromatic heterocycles. The van der Waals surface area contributed by atoms with Crippen molar-refractivity contribution in [2.24, 2.45) is 0 Å². The van der Waals surface area contributed by atoms with E-state index in [9.17, 15) is 8.78 Å². The molecule has 13 heavy (non-hydrogen) atoms. The maximum absolute atomic E-state index is 11.7. The molecule has 4 heteroatoms. The van der Waals surface area contributed by atoms with E-state index in [1.165, 1.54) is 0 Å². The van der Waals surface area contributed by atoms with Crippen molar-refractivity contribution >= 4 is 0 Å². The Hall–Kier alpha value is -0.220. The fraction of sp³-hybridized carbons (Fsp3) is 1.00. The molecule has 0 bridgehead atoms. The predicted octanol–water partition coefficient (Wildman–Crippen LogP) is 2.05. The summed E-state index contributed by atoms with van der Waals surface area (Å²) in [5.41, 5.74) is 0. The highest BCUT2D eigenvalue weighted by Crippen LogP contribution is 1.99. The minimum absolute atomic E-state index is 0.216. The van der Waals surface area contributed by atoms with Crippen LogP contribution in [-0.2, 0) is 4.74 Å². The molecular weight excluding hydrogens is 176 g/mol. The molecule has 80 valence electrons. The van der Waals surface area contributed by atoms with Gasteiger partial charge >= 0.3 is 0 Å². The Labute approximate surface area is 78.7 Å². The molecule has 0 rings (SSSR count). The zero-order valence-corrected chi connectivity index (χ0v) is 8.35. The first kappa shape index (κ1) is 12.8. The predicted molar refractivity (Wildman–Crippen MR) is 49.2 cm³/mol. The second-order valence-corrected chi connectivity index (χ2v) is 2.97. The van der Waals surface area contributed by atoms with E-state index >= 15 is 0 Å². The van der Waals surface area contributed by atoms with Crippen LogP contribution >= 0.6 is 0 Å². The van der Waals surface area contributed by atoms with Crippen LogP contribution in [-0.4, -0.2) is 32.2 Å². The van der Waals surface area contributed by atoms with Gasteiger partial charge < -0.3 is 10.1 Å². The van der Waals surface area contributed by atoms with Crippen molar-refractivity contribution < 1.29 is 13.5 Å². The van der Waals surface area contributed by atoms with Gasteiger partial charge in [0.15, 0.2) is 0 Å². The van der Waals surface area contributed by atoms with Crippen LogP contribution in [0, 0.1) is 0 Å². The van der Waals surface area contributed by atoms with Crippen molar-refractivity contribution in [2.45, 2.75) is 39.2 Å². The number of hydrogen-bond donors (Lipinski definition) is 1. The van der Waals surface area contributed by atoms with Crippen LogP contribution < -0.4 is 5.32 Å². The van der Waals surface area contributed by atoms with Gasteiger partial charge in [-0.05, 0) is 13.0 Å². The molecule has 0 heterocycles. The minimum atomic E-state index is -2.36. The Kier molecular flexibility index (Phi) is 8.24. The second kappa shape index (κ2) is 8.38. The van der Waals surface area contributed by atoms with Gasteiger partial charge in [0, 0.05) is 6.04 Å². The van der Waals surface area contributed by atoms with Crippen LogP contribution in [0.4, 0.5) is 8.78 Å². The highest BCUT2D eigenvalue weighted by Gasteiger charge is 2.08. The normalized spacial score (nSPS) is 13.6. The molecule has 0 saturated carbocycles. The van der Waals surface area contributed by atoms with Gasteiger partial charge in [-0.3, -0.25) is 0 Å². The molecule has 0 aliphatic heterocycles. The summed E-state index contributed by atoms with van der Waals surface area (Å²) in [5.74, 6) is 0. The van der Waals surface area contributed by atoms with Crippen molar-refractivity contribution in [1.82, 2.24) is 5.32 Å². The maximum atomic E-state index is 11.7. The summed E-state index contributed by atoms with van der Waals surface area (Å²) >= 11 is 0. The van der Waals surface area contributed by atoms with Gasteiger partial charge in [-0.15, -0.1) is 0 Å². The summed E-state index contributed by atoms with van der Waals surface area (Å²) in [6.45, 7) is 4.84. The summed E-state index contributed by atoms with van der Waals surface area (Å²) in [6.07, 6.45) is -0.351. The first-order chi connectivity index (χ1) is 6.20. The molecule has 0 amide bonds. The lowest BCUT2D eigenvalue weighted by atomic mass is 10.2. The van der Waals surface area contributed by atoms with Gasteiger partial charge in [0.05, 0.1) is 6.61 Å². The van der Waals surface area contributed by atoms with E-state index in [4.69, 9.17) is 4.74 Å². The van der Waals surface area contributed by atoms with E-state index in [-0.39, 0.29) is 6.04 Å². The summed E-state index contributed by atoms with van der Waals surface area (Å²) in [7, 11) is 0. The fourth-order valence-electron chi connectivity index (χ4n) is 1.18. The molecule has 0 aromatic rings. The van der Waals surface area contributed by atoms with Crippen LogP contribution in [0.5, 0.6) is 0 Å². The van der Waals surface area contributed by atoms with E-state index in [1.807, 2.05) is 6.92 Å². The third kappa shape index (κ3) is 8.12. The fourth-order valence-corrected chi connectivity index (χ4v) is 1.18. The molecule has 0 radical (unpaired) electrons. The highest BCUT2D eigenvalue weighted by molar-refractivity contribution is 4.63. The lowest BCUT2D eigenvalue weighted by Crippen LogP contribution is -2.33. The third-order valence-corrected chi connectivity index (χ3v) is 1.69. The quantitative estimate of drug-likeness (QED) is 0.640. The Morgan fingerprint density at radius 2 is 1.92 bits per heavy atom. The molecule has 0 aliphatic rings. The number of likely N-dealkylation sites (N-methyl/N-ethyl adjacent to an activating group) is 1. The second-order valence-electron chi connectivity index (χ2n) is 2.97. The zero-order chi connectivity index (χ0) is 10.1. The Bertz CT molecular complexity index is 106. The molecule has 1 atom stereocenters. The molecule has 1 N–H and O–H groups in total. The molecule has 2 nitrogen and oxygen atoms in total. The van der Waals surface area contributed by atoms with Gasteiger partial charge in [0.1, 0.15) is 6.61 Å². The number of alkyl halides is 2. The van der Waals surface area contributed by atoms with E-state index in [0.29, 0.717) is 6.61 Å². The lowest BCUT2D eigenvalue weighted by molar-refractivity contribution is 0.00879. The smallest absolute Gasteiger partial charge is 0.261 e. The molecule has 0 fully saturated rings. The lowest BCUT2D eigenvalue weighted by Gasteiger charge is -2.16. The zero-order valence-electron chi connectivity index (χ0n) is 8.35. The van der Waals surface area contributed by atoms with Crippen LogP contribution in [0.25, 0.3) is 0 Å². The molecule has 0 aromatic carbocycles. The third-order valence-electron chi connectivity index (χ3n) is 1.69. The summed E-state index contributed by atoms with van der Waals surface area (Å²) in [6, 6.07) is 0.216. The number of ether oxygens (including phenoxy) is 1. The van der Waals surface area contributed by atoms with Crippen LogP contribution in [0.15, 0.2) is 0 Å². The van der Waals surface area contributed by atoms with Crippen molar-refractivity contribution in [3.63, 3.8) is 0 Å². The van der Waals surface area contributed by atoms with E-state index < -0.39 is 13.0 Å². The summed E-state index contributed by atoms with van der Waals surface area (Å²) in [5, 5.41) is 3.19. The van der Waals surface area contributed by atoms with Crippen LogP contribution in [0.1, 0.15) is 26.7 Å². The summed E-state index contributed by atoms with van der Waals surface area (Å²) in [4.78, 5) is 0. The van der Waals surface area contributed by atoms with Crippen molar-refractivity contribution in [2.75, 3.05) is 19.8 Å². The topological polar surface area (TPSA) is 21.3 Å². The van der Waals surface area contributed by atoms with Gasteiger partial charge in [0.25, 0.3) is 6.43 Å². The van der Waals surface area contributed by atoms with Crippen LogP contribution in [0.2, 0.25) is 0 Å². The van der Waals surface area contributed by atoms with E-state index in [2.05, 4.69) is 12.2 Å². The van der Waals surface area contributed by atoms with Gasteiger partial charge in [-0.25, -0.2) is 8.78 Å². The first-order valence-electron chi connectivity index (χ1n) is 4.79. The molecular formula is C9H19F2NO. The van der Waals surface area contributed by atoms with Gasteiger partial charge in [-0.2, -0.15) is 0 Å². The Balaban J connectivity index is 3.44. The molecule has 0 spiro atoms. The molecule has 0 saturated heterocycles. The number of halogens is 2. The SMILES string of the molecule is CCCC(COCC(F)F)NCC. The van der Waals surface area contributed by atoms with Gasteiger partial charge in [-0.1, -0.05) is 20.3 Å². The maximum Gasteiger partial charge on any atom is 0.261 e. The average molecular weight is 195 g/mol. The minimum Gasteiger partial charge on any atom is -0.374 e. The first-order valence-corrected chi connectivity index (χ1v) is 4.79. The highest BCUT2D eigenvalue weighted by atomic mass is 19.3. The number of hydrogen-bond acceptors (Lipinski definition) is 2. The Morgan fingerprint density at radius 3 is 2.38 bits per heavy atom. The monoisotopic (exact) mass is 195 g/mol. The number of nitrogens with one attached hydrogen (secondary N) is 1. The number of rotatable bonds is 8. The van der Waals surface area contributed by atoms with E-state index in [0.717, 1.165) is 19.4 Å². The van der Waals surface area contributed by atoms with Crippen molar-refractivity contribution in [3.05, 3.63) is 0 Å². The molecule has 1 unspecified atom stereocenters.